The number of hydrogen-bond acceptors (Lipinski definition) is 7. The summed E-state index contributed by atoms with van der Waals surface area (Å²) in [5, 5.41) is 15.7. The Morgan fingerprint density at radius 3 is 2.82 bits per heavy atom. The van der Waals surface area contributed by atoms with Gasteiger partial charge >= 0.3 is 11.7 Å². The lowest BCUT2D eigenvalue weighted by atomic mass is 10.0. The van der Waals surface area contributed by atoms with Crippen LogP contribution in [0.25, 0.3) is 22.1 Å². The van der Waals surface area contributed by atoms with Gasteiger partial charge in [-0.15, -0.1) is 0 Å². The Morgan fingerprint density at radius 1 is 1.16 bits per heavy atom. The first-order valence-electron chi connectivity index (χ1n) is 12.1. The molecule has 192 valence electrons. The summed E-state index contributed by atoms with van der Waals surface area (Å²) in [5.41, 5.74) is 6.55. The number of carbonyl (C=O) groups excluding carboxylic acids is 1. The van der Waals surface area contributed by atoms with Crippen LogP contribution in [-0.2, 0) is 27.1 Å². The summed E-state index contributed by atoms with van der Waals surface area (Å²) in [7, 11) is 3.47. The molecule has 11 nitrogen and oxygen atoms in total. The fraction of sp³-hybridized carbons (Fsp3) is 0.222. The molecule has 0 aliphatic heterocycles. The fourth-order valence-electron chi connectivity index (χ4n) is 5.14. The number of nitrogens with one attached hydrogen (secondary N) is 2. The Labute approximate surface area is 215 Å². The molecule has 0 bridgehead atoms. The Morgan fingerprint density at radius 2 is 2.00 bits per heavy atom. The van der Waals surface area contributed by atoms with Gasteiger partial charge in [0.25, 0.3) is 5.91 Å². The van der Waals surface area contributed by atoms with Gasteiger partial charge in [-0.1, -0.05) is 12.1 Å². The number of carboxylic acids is 1. The quantitative estimate of drug-likeness (QED) is 0.315. The van der Waals surface area contributed by atoms with Crippen molar-refractivity contribution in [3.63, 3.8) is 0 Å². The molecular weight excluding hydrogens is 488 g/mol. The van der Waals surface area contributed by atoms with Gasteiger partial charge < -0.3 is 24.7 Å². The van der Waals surface area contributed by atoms with Crippen LogP contribution in [0.2, 0.25) is 0 Å². The van der Waals surface area contributed by atoms with E-state index in [4.69, 9.17) is 4.42 Å². The third-order valence-electron chi connectivity index (χ3n) is 7.07. The second-order valence-corrected chi connectivity index (χ2v) is 9.44. The third kappa shape index (κ3) is 3.88. The van der Waals surface area contributed by atoms with Crippen LogP contribution in [-0.4, -0.2) is 36.1 Å². The van der Waals surface area contributed by atoms with Gasteiger partial charge in [-0.05, 0) is 53.8 Å². The molecule has 0 radical (unpaired) electrons. The summed E-state index contributed by atoms with van der Waals surface area (Å²) in [6.07, 6.45) is 4.85. The Hall–Kier alpha value is -4.93. The molecule has 5 aromatic rings. The summed E-state index contributed by atoms with van der Waals surface area (Å²) in [6, 6.07) is 10.5. The van der Waals surface area contributed by atoms with E-state index in [2.05, 4.69) is 20.6 Å². The fourth-order valence-corrected chi connectivity index (χ4v) is 5.14. The van der Waals surface area contributed by atoms with Crippen molar-refractivity contribution in [2.45, 2.75) is 25.4 Å². The smallest absolute Gasteiger partial charge is 0.419 e. The molecule has 1 unspecified atom stereocenters. The minimum atomic E-state index is -0.937. The maximum Gasteiger partial charge on any atom is 0.419 e. The predicted molar refractivity (Wildman–Crippen MR) is 139 cm³/mol. The summed E-state index contributed by atoms with van der Waals surface area (Å²) in [6.45, 7) is 0.242. The number of amides is 1. The summed E-state index contributed by atoms with van der Waals surface area (Å²) < 4.78 is 8.40. The molecule has 1 aliphatic carbocycles. The number of aryl methyl sites for hydroxylation is 3. The molecule has 0 spiro atoms. The maximum atomic E-state index is 13.2. The highest BCUT2D eigenvalue weighted by Gasteiger charge is 2.26. The minimum absolute atomic E-state index is 0.000474. The molecule has 1 amide bonds. The first-order chi connectivity index (χ1) is 18.3. The van der Waals surface area contributed by atoms with Crippen LogP contribution in [0.4, 0.5) is 5.69 Å². The number of benzene rings is 2. The number of aromatic carboxylic acids is 1. The zero-order chi connectivity index (χ0) is 26.6. The van der Waals surface area contributed by atoms with Gasteiger partial charge in [-0.25, -0.2) is 19.6 Å². The predicted octanol–water partition coefficient (Wildman–Crippen LogP) is 3.14. The highest BCUT2D eigenvalue weighted by atomic mass is 16.4. The van der Waals surface area contributed by atoms with E-state index in [-0.39, 0.29) is 29.8 Å². The largest absolute Gasteiger partial charge is 0.478 e. The highest BCUT2D eigenvalue weighted by molar-refractivity contribution is 6.06. The summed E-state index contributed by atoms with van der Waals surface area (Å²) >= 11 is 0. The second kappa shape index (κ2) is 8.87. The topological polar surface area (TPSA) is 144 Å². The van der Waals surface area contributed by atoms with Gasteiger partial charge in [-0.3, -0.25) is 9.36 Å². The maximum absolute atomic E-state index is 13.2. The van der Waals surface area contributed by atoms with Crippen LogP contribution in [0.5, 0.6) is 0 Å². The molecule has 1 aliphatic rings. The molecule has 0 fully saturated rings. The van der Waals surface area contributed by atoms with Crippen LogP contribution in [0.3, 0.4) is 0 Å². The van der Waals surface area contributed by atoms with Gasteiger partial charge in [0.2, 0.25) is 0 Å². The van der Waals surface area contributed by atoms with Crippen molar-refractivity contribution in [3.05, 3.63) is 87.4 Å². The average molecular weight is 513 g/mol. The first kappa shape index (κ1) is 23.5. The Balaban J connectivity index is 1.24. The van der Waals surface area contributed by atoms with Crippen molar-refractivity contribution < 1.29 is 19.1 Å². The van der Waals surface area contributed by atoms with Crippen LogP contribution in [0.15, 0.2) is 58.1 Å². The monoisotopic (exact) mass is 512 g/mol. The average Bonchev–Trinajstić information content (AvgIpc) is 3.56. The number of aromatic nitrogens is 4. The van der Waals surface area contributed by atoms with E-state index >= 15 is 0 Å². The number of rotatable bonds is 6. The zero-order valence-corrected chi connectivity index (χ0v) is 20.7. The molecule has 38 heavy (non-hydrogen) atoms. The van der Waals surface area contributed by atoms with Crippen molar-refractivity contribution >= 4 is 39.7 Å². The number of fused-ring (bicyclic) bond motifs is 3. The van der Waals surface area contributed by atoms with E-state index in [1.807, 2.05) is 23.9 Å². The number of nitrogens with zero attached hydrogens (tertiary/aromatic N) is 4. The lowest BCUT2D eigenvalue weighted by Gasteiger charge is -2.14. The van der Waals surface area contributed by atoms with E-state index < -0.39 is 11.7 Å². The highest BCUT2D eigenvalue weighted by Crippen LogP contribution is 2.36. The summed E-state index contributed by atoms with van der Waals surface area (Å²) in [5.74, 6) is -1.73. The number of oxazole rings is 1. The molecule has 11 heteroatoms. The van der Waals surface area contributed by atoms with E-state index in [0.29, 0.717) is 22.1 Å². The molecule has 0 saturated carbocycles. The van der Waals surface area contributed by atoms with E-state index in [1.165, 1.54) is 10.9 Å². The lowest BCUT2D eigenvalue weighted by molar-refractivity contribution is 0.0696. The molecule has 3 N–H and O–H groups in total. The molecule has 3 heterocycles. The minimum Gasteiger partial charge on any atom is -0.478 e. The van der Waals surface area contributed by atoms with Gasteiger partial charge in [-0.2, -0.15) is 0 Å². The van der Waals surface area contributed by atoms with Crippen molar-refractivity contribution in [1.29, 1.82) is 0 Å². The second-order valence-electron chi connectivity index (χ2n) is 9.44. The first-order valence-corrected chi connectivity index (χ1v) is 12.1. The third-order valence-corrected chi connectivity index (χ3v) is 7.07. The van der Waals surface area contributed by atoms with Crippen molar-refractivity contribution in [2.75, 3.05) is 5.32 Å². The molecule has 3 aromatic heterocycles. The molecule has 0 saturated heterocycles. The van der Waals surface area contributed by atoms with Crippen LogP contribution < -0.4 is 16.4 Å². The number of carbonyl (C=O) groups is 2. The molecular formula is C27H24N6O5. The standard InChI is InChI=1S/C27H24N6O5/c1-32-12-19(31-18-7-5-15-10-16(26(35)36)4-6-17(15)18)22-24(32)23(30-13-29-22)25(34)28-11-14-3-8-21-20(9-14)33(2)27(37)38-21/h3-4,6,8-10,12-13,18,31H,5,7,11H2,1-2H3,(H,28,34)(H,35,36). The van der Waals surface area contributed by atoms with E-state index in [0.717, 1.165) is 35.2 Å². The number of hydrogen-bond donors (Lipinski definition) is 3. The molecule has 6 rings (SSSR count). The van der Waals surface area contributed by atoms with Crippen LogP contribution in [0, 0.1) is 0 Å². The molecule has 1 atom stereocenters. The van der Waals surface area contributed by atoms with Crippen LogP contribution >= 0.6 is 0 Å². The number of carboxylic acid groups (broad SMARTS) is 1. The SMILES string of the molecule is Cn1cc(NC2CCc3cc(C(=O)O)ccc32)c2ncnc(C(=O)NCc3ccc4oc(=O)n(C)c4c3)c21. The van der Waals surface area contributed by atoms with Gasteiger partial charge in [0.15, 0.2) is 11.3 Å². The van der Waals surface area contributed by atoms with Crippen molar-refractivity contribution in [2.24, 2.45) is 14.1 Å². The van der Waals surface area contributed by atoms with Crippen LogP contribution in [0.1, 0.15) is 50.0 Å². The van der Waals surface area contributed by atoms with Crippen molar-refractivity contribution in [3.8, 4) is 0 Å². The van der Waals surface area contributed by atoms with E-state index in [9.17, 15) is 19.5 Å². The lowest BCUT2D eigenvalue weighted by Crippen LogP contribution is -2.24. The normalized spacial score (nSPS) is 14.6. The van der Waals surface area contributed by atoms with Gasteiger partial charge in [0, 0.05) is 26.8 Å². The van der Waals surface area contributed by atoms with Gasteiger partial charge in [0.1, 0.15) is 17.4 Å². The Bertz CT molecular complexity index is 1810. The number of anilines is 1. The Kier molecular flexibility index (Phi) is 5.48. The van der Waals surface area contributed by atoms with E-state index in [1.54, 1.807) is 37.4 Å². The van der Waals surface area contributed by atoms with Crippen molar-refractivity contribution in [1.82, 2.24) is 24.4 Å². The molecule has 2 aromatic carbocycles. The van der Waals surface area contributed by atoms with Gasteiger partial charge in [0.05, 0.1) is 22.8 Å². The summed E-state index contributed by atoms with van der Waals surface area (Å²) in [4.78, 5) is 45.0. The zero-order valence-electron chi connectivity index (χ0n) is 20.7.